The molecule has 1 aliphatic heterocycles. The van der Waals surface area contributed by atoms with Gasteiger partial charge in [-0.15, -0.1) is 0 Å². The van der Waals surface area contributed by atoms with Crippen LogP contribution in [0.2, 0.25) is 0 Å². The van der Waals surface area contributed by atoms with Crippen molar-refractivity contribution in [3.63, 3.8) is 0 Å². The molecule has 0 aromatic rings. The molecule has 0 amide bonds. The van der Waals surface area contributed by atoms with Crippen LogP contribution in [0.25, 0.3) is 0 Å². The Labute approximate surface area is 56.4 Å². The Kier molecular flexibility index (Phi) is 1.53. The average Bonchev–Trinajstić information content (AvgIpc) is 1.96. The maximum Gasteiger partial charge on any atom is 0.0430 e. The number of hydrogen-bond acceptors (Lipinski definition) is 2. The van der Waals surface area contributed by atoms with Crippen LogP contribution in [-0.2, 0) is 0 Å². The summed E-state index contributed by atoms with van der Waals surface area (Å²) in [5.41, 5.74) is 0. The van der Waals surface area contributed by atoms with Gasteiger partial charge in [0.15, 0.2) is 0 Å². The molecule has 1 atom stereocenters. The van der Waals surface area contributed by atoms with E-state index in [2.05, 4.69) is 20.8 Å². The zero-order valence-corrected chi connectivity index (χ0v) is 6.39. The third-order valence-electron chi connectivity index (χ3n) is 2.65. The summed E-state index contributed by atoms with van der Waals surface area (Å²) >= 11 is 0. The minimum atomic E-state index is 0. The van der Waals surface area contributed by atoms with Crippen LogP contribution >= 0.6 is 0 Å². The fourth-order valence-corrected chi connectivity index (χ4v) is 1.21. The van der Waals surface area contributed by atoms with E-state index < -0.39 is 0 Å². The van der Waals surface area contributed by atoms with Gasteiger partial charge in [-0.05, 0) is 26.2 Å². The summed E-state index contributed by atoms with van der Waals surface area (Å²) in [6.07, 6.45) is 1.11. The average molecular weight is 129 g/mol. The molecule has 1 fully saturated rings. The molecule has 9 heavy (non-hydrogen) atoms. The first-order chi connectivity index (χ1) is 4.05. The van der Waals surface area contributed by atoms with E-state index in [-0.39, 0.29) is 5.54 Å². The molecular weight excluding hydrogens is 114 g/mol. The summed E-state index contributed by atoms with van der Waals surface area (Å²) in [5, 5.41) is 10.7. The summed E-state index contributed by atoms with van der Waals surface area (Å²) in [5.74, 6) is 0.613. The van der Waals surface area contributed by atoms with Crippen molar-refractivity contribution in [3.05, 3.63) is 0 Å². The van der Waals surface area contributed by atoms with E-state index in [4.69, 9.17) is 0 Å². The Morgan fingerprint density at radius 1 is 1.56 bits per heavy atom. The van der Waals surface area contributed by atoms with E-state index in [1.165, 1.54) is 5.06 Å². The highest BCUT2D eigenvalue weighted by Crippen LogP contribution is 2.31. The van der Waals surface area contributed by atoms with Crippen LogP contribution in [0.3, 0.4) is 0 Å². The van der Waals surface area contributed by atoms with Crippen molar-refractivity contribution >= 4 is 0 Å². The van der Waals surface area contributed by atoms with Crippen LogP contribution in [-0.4, -0.2) is 22.4 Å². The first-order valence-electron chi connectivity index (χ1n) is 3.51. The summed E-state index contributed by atoms with van der Waals surface area (Å²) in [7, 11) is 0. The van der Waals surface area contributed by atoms with Gasteiger partial charge in [0.1, 0.15) is 0 Å². The summed E-state index contributed by atoms with van der Waals surface area (Å²) in [6, 6.07) is 0. The summed E-state index contributed by atoms with van der Waals surface area (Å²) in [4.78, 5) is 0. The van der Waals surface area contributed by atoms with Crippen LogP contribution in [0.4, 0.5) is 0 Å². The molecular formula is C7H15NO. The van der Waals surface area contributed by atoms with E-state index in [0.29, 0.717) is 5.92 Å². The van der Waals surface area contributed by atoms with Gasteiger partial charge in [-0.3, -0.25) is 0 Å². The van der Waals surface area contributed by atoms with Gasteiger partial charge in [0.25, 0.3) is 0 Å². The second kappa shape index (κ2) is 1.96. The van der Waals surface area contributed by atoms with Crippen LogP contribution in [0, 0.1) is 5.92 Å². The molecule has 0 radical (unpaired) electrons. The van der Waals surface area contributed by atoms with Gasteiger partial charge >= 0.3 is 0 Å². The lowest BCUT2D eigenvalue weighted by molar-refractivity contribution is -0.143. The van der Waals surface area contributed by atoms with Gasteiger partial charge < -0.3 is 5.21 Å². The fourth-order valence-electron chi connectivity index (χ4n) is 1.21. The first kappa shape index (κ1) is 7.03. The highest BCUT2D eigenvalue weighted by molar-refractivity contribution is 4.88. The SMILES string of the molecule is CC1CCN(O)C1(C)C. The number of hydroxylamine groups is 2. The lowest BCUT2D eigenvalue weighted by Crippen LogP contribution is -2.39. The predicted octanol–water partition coefficient (Wildman–Crippen LogP) is 1.50. The van der Waals surface area contributed by atoms with Crippen LogP contribution in [0.15, 0.2) is 0 Å². The highest BCUT2D eigenvalue weighted by atomic mass is 16.5. The minimum Gasteiger partial charge on any atom is -0.313 e. The molecule has 1 heterocycles. The Balaban J connectivity index is 2.66. The number of rotatable bonds is 0. The van der Waals surface area contributed by atoms with Crippen molar-refractivity contribution in [2.24, 2.45) is 5.92 Å². The molecule has 2 nitrogen and oxygen atoms in total. The van der Waals surface area contributed by atoms with Crippen molar-refractivity contribution in [2.75, 3.05) is 6.54 Å². The zero-order chi connectivity index (χ0) is 7.07. The normalized spacial score (nSPS) is 35.3. The molecule has 1 rings (SSSR count). The molecule has 1 saturated heterocycles. The topological polar surface area (TPSA) is 23.5 Å². The Hall–Kier alpha value is -0.0800. The third kappa shape index (κ3) is 0.970. The zero-order valence-electron chi connectivity index (χ0n) is 6.39. The highest BCUT2D eigenvalue weighted by Gasteiger charge is 2.37. The second-order valence-electron chi connectivity index (χ2n) is 3.47. The van der Waals surface area contributed by atoms with Crippen molar-refractivity contribution in [1.29, 1.82) is 0 Å². The van der Waals surface area contributed by atoms with Gasteiger partial charge in [-0.1, -0.05) is 6.92 Å². The van der Waals surface area contributed by atoms with Crippen LogP contribution < -0.4 is 0 Å². The lowest BCUT2D eigenvalue weighted by Gasteiger charge is -2.29. The number of nitrogens with zero attached hydrogens (tertiary/aromatic N) is 1. The predicted molar refractivity (Wildman–Crippen MR) is 36.4 cm³/mol. The minimum absolute atomic E-state index is 0. The van der Waals surface area contributed by atoms with E-state index in [9.17, 15) is 5.21 Å². The molecule has 0 aromatic heterocycles. The third-order valence-corrected chi connectivity index (χ3v) is 2.65. The maximum atomic E-state index is 9.26. The molecule has 54 valence electrons. The first-order valence-corrected chi connectivity index (χ1v) is 3.51. The monoisotopic (exact) mass is 129 g/mol. The van der Waals surface area contributed by atoms with Gasteiger partial charge in [-0.25, -0.2) is 0 Å². The van der Waals surface area contributed by atoms with Gasteiger partial charge in [0, 0.05) is 12.1 Å². The Morgan fingerprint density at radius 3 is 2.22 bits per heavy atom. The van der Waals surface area contributed by atoms with Gasteiger partial charge in [0.2, 0.25) is 0 Å². The van der Waals surface area contributed by atoms with Crippen molar-refractivity contribution < 1.29 is 5.21 Å². The lowest BCUT2D eigenvalue weighted by atomic mass is 9.91. The van der Waals surface area contributed by atoms with Crippen molar-refractivity contribution in [1.82, 2.24) is 5.06 Å². The fraction of sp³-hybridized carbons (Fsp3) is 1.00. The molecule has 0 aliphatic carbocycles. The molecule has 1 unspecified atom stereocenters. The second-order valence-corrected chi connectivity index (χ2v) is 3.47. The molecule has 1 aliphatic rings. The Morgan fingerprint density at radius 2 is 2.11 bits per heavy atom. The van der Waals surface area contributed by atoms with E-state index in [1.54, 1.807) is 0 Å². The Bertz CT molecular complexity index is 99.5. The van der Waals surface area contributed by atoms with Crippen LogP contribution in [0.5, 0.6) is 0 Å². The molecule has 0 bridgehead atoms. The van der Waals surface area contributed by atoms with Crippen molar-refractivity contribution in [3.8, 4) is 0 Å². The molecule has 1 N–H and O–H groups in total. The maximum absolute atomic E-state index is 9.26. The summed E-state index contributed by atoms with van der Waals surface area (Å²) in [6.45, 7) is 7.15. The van der Waals surface area contributed by atoms with Crippen LogP contribution in [0.1, 0.15) is 27.2 Å². The van der Waals surface area contributed by atoms with Gasteiger partial charge in [0.05, 0.1) is 0 Å². The standard InChI is InChI=1S/C7H15NO/c1-6-4-5-8(9)7(6,2)3/h6,9H,4-5H2,1-3H3. The van der Waals surface area contributed by atoms with Gasteiger partial charge in [-0.2, -0.15) is 5.06 Å². The molecule has 0 aromatic carbocycles. The van der Waals surface area contributed by atoms with E-state index in [0.717, 1.165) is 13.0 Å². The van der Waals surface area contributed by atoms with E-state index in [1.807, 2.05) is 0 Å². The molecule has 0 saturated carbocycles. The smallest absolute Gasteiger partial charge is 0.0430 e. The van der Waals surface area contributed by atoms with E-state index >= 15 is 0 Å². The quantitative estimate of drug-likeness (QED) is 0.535. The molecule has 0 spiro atoms. The number of hydrogen-bond donors (Lipinski definition) is 1. The largest absolute Gasteiger partial charge is 0.313 e. The van der Waals surface area contributed by atoms with Crippen molar-refractivity contribution in [2.45, 2.75) is 32.7 Å². The molecule has 2 heteroatoms. The summed E-state index contributed by atoms with van der Waals surface area (Å²) < 4.78 is 0.